The van der Waals surface area contributed by atoms with Crippen LogP contribution >= 0.6 is 23.2 Å². The lowest BCUT2D eigenvalue weighted by atomic mass is 10.2. The van der Waals surface area contributed by atoms with E-state index in [2.05, 4.69) is 0 Å². The Morgan fingerprint density at radius 2 is 1.67 bits per heavy atom. The Morgan fingerprint density at radius 3 is 2.33 bits per heavy atom. The average molecular weight is 286 g/mol. The predicted octanol–water partition coefficient (Wildman–Crippen LogP) is 4.29. The lowest BCUT2D eigenvalue weighted by molar-refractivity contribution is 0.300. The highest BCUT2D eigenvalue weighted by Gasteiger charge is 2.10. The van der Waals surface area contributed by atoms with Gasteiger partial charge in [-0.15, -0.1) is 0 Å². The summed E-state index contributed by atoms with van der Waals surface area (Å²) in [6.45, 7) is 0.0142. The van der Waals surface area contributed by atoms with E-state index in [0.717, 1.165) is 0 Å². The number of ether oxygens (including phenoxy) is 1. The number of nitrogens with two attached hydrogens (primary N) is 1. The predicted molar refractivity (Wildman–Crippen MR) is 71.6 cm³/mol. The van der Waals surface area contributed by atoms with Crippen LogP contribution in [0.2, 0.25) is 10.0 Å². The lowest BCUT2D eigenvalue weighted by Gasteiger charge is -2.10. The Balaban J connectivity index is 2.19. The highest BCUT2D eigenvalue weighted by molar-refractivity contribution is 6.37. The third-order valence-electron chi connectivity index (χ3n) is 2.40. The van der Waals surface area contributed by atoms with Gasteiger partial charge in [0, 0.05) is 5.56 Å². The molecule has 0 saturated heterocycles. The molecule has 0 saturated carbocycles. The monoisotopic (exact) mass is 285 g/mol. The van der Waals surface area contributed by atoms with Crippen LogP contribution in [0, 0.1) is 5.82 Å². The van der Waals surface area contributed by atoms with Crippen LogP contribution in [-0.4, -0.2) is 0 Å². The van der Waals surface area contributed by atoms with E-state index in [0.29, 0.717) is 21.4 Å². The molecule has 0 radical (unpaired) electrons. The molecule has 94 valence electrons. The Bertz CT molecular complexity index is 555. The summed E-state index contributed by atoms with van der Waals surface area (Å²) in [7, 11) is 0. The summed E-state index contributed by atoms with van der Waals surface area (Å²) >= 11 is 11.9. The number of anilines is 1. The maximum Gasteiger partial charge on any atom is 0.156 e. The van der Waals surface area contributed by atoms with Crippen molar-refractivity contribution < 1.29 is 9.13 Å². The molecule has 2 N–H and O–H groups in total. The normalized spacial score (nSPS) is 10.4. The highest BCUT2D eigenvalue weighted by atomic mass is 35.5. The van der Waals surface area contributed by atoms with Crippen molar-refractivity contribution >= 4 is 28.9 Å². The number of halogens is 3. The van der Waals surface area contributed by atoms with E-state index in [1.165, 1.54) is 6.07 Å². The molecule has 0 unspecified atom stereocenters. The van der Waals surface area contributed by atoms with E-state index in [4.69, 9.17) is 33.7 Å². The molecular formula is C13H10Cl2FNO. The van der Waals surface area contributed by atoms with Crippen molar-refractivity contribution in [1.82, 2.24) is 0 Å². The Labute approximate surface area is 114 Å². The molecule has 0 amide bonds. The van der Waals surface area contributed by atoms with Crippen LogP contribution in [0.3, 0.4) is 0 Å². The molecule has 0 aliphatic carbocycles. The second-order valence-electron chi connectivity index (χ2n) is 3.66. The molecule has 0 aliphatic heterocycles. The first kappa shape index (κ1) is 13.0. The Hall–Kier alpha value is -1.45. The van der Waals surface area contributed by atoms with Gasteiger partial charge in [0.15, 0.2) is 11.6 Å². The molecule has 0 atom stereocenters. The van der Waals surface area contributed by atoms with E-state index < -0.39 is 5.82 Å². The summed E-state index contributed by atoms with van der Waals surface area (Å²) in [5, 5.41) is 0.763. The topological polar surface area (TPSA) is 35.2 Å². The Morgan fingerprint density at radius 1 is 1.06 bits per heavy atom. The van der Waals surface area contributed by atoms with E-state index in [1.807, 2.05) is 0 Å². The summed E-state index contributed by atoms with van der Waals surface area (Å²) in [5.74, 6) is -0.150. The van der Waals surface area contributed by atoms with Gasteiger partial charge in [0.1, 0.15) is 6.61 Å². The van der Waals surface area contributed by atoms with Crippen LogP contribution in [-0.2, 0) is 6.61 Å². The fraction of sp³-hybridized carbons (Fsp3) is 0.0769. The summed E-state index contributed by atoms with van der Waals surface area (Å²) in [6, 6.07) is 9.75. The second kappa shape index (κ2) is 5.46. The molecule has 0 bridgehead atoms. The van der Waals surface area contributed by atoms with Gasteiger partial charge in [0.2, 0.25) is 0 Å². The molecule has 2 aromatic rings. The van der Waals surface area contributed by atoms with Crippen LogP contribution in [0.4, 0.5) is 10.1 Å². The van der Waals surface area contributed by atoms with Crippen LogP contribution in [0.15, 0.2) is 36.4 Å². The van der Waals surface area contributed by atoms with E-state index in [9.17, 15) is 4.39 Å². The van der Waals surface area contributed by atoms with Crippen molar-refractivity contribution in [3.63, 3.8) is 0 Å². The number of nitrogen functional groups attached to an aromatic ring is 1. The van der Waals surface area contributed by atoms with Crippen LogP contribution in [0.1, 0.15) is 5.56 Å². The molecule has 18 heavy (non-hydrogen) atoms. The minimum atomic E-state index is -0.485. The molecule has 0 fully saturated rings. The van der Waals surface area contributed by atoms with Gasteiger partial charge in [0.05, 0.1) is 15.7 Å². The summed E-state index contributed by atoms with van der Waals surface area (Å²) < 4.78 is 19.1. The lowest BCUT2D eigenvalue weighted by Crippen LogP contribution is -2.02. The molecular weight excluding hydrogens is 276 g/mol. The van der Waals surface area contributed by atoms with Gasteiger partial charge in [-0.2, -0.15) is 0 Å². The highest BCUT2D eigenvalue weighted by Crippen LogP contribution is 2.33. The van der Waals surface area contributed by atoms with Crippen molar-refractivity contribution in [2.24, 2.45) is 0 Å². The first-order chi connectivity index (χ1) is 8.59. The number of hydrogen-bond donors (Lipinski definition) is 1. The van der Waals surface area contributed by atoms with Gasteiger partial charge >= 0.3 is 0 Å². The van der Waals surface area contributed by atoms with E-state index in [-0.39, 0.29) is 12.3 Å². The van der Waals surface area contributed by atoms with Crippen molar-refractivity contribution in [3.8, 4) is 5.75 Å². The first-order valence-corrected chi connectivity index (χ1v) is 5.95. The number of para-hydroxylation sites is 1. The molecule has 0 heterocycles. The summed E-state index contributed by atoms with van der Waals surface area (Å²) in [5.41, 5.74) is 5.90. The van der Waals surface area contributed by atoms with E-state index >= 15 is 0 Å². The van der Waals surface area contributed by atoms with Crippen LogP contribution < -0.4 is 10.5 Å². The number of rotatable bonds is 3. The van der Waals surface area contributed by atoms with Crippen molar-refractivity contribution in [1.29, 1.82) is 0 Å². The zero-order valence-corrected chi connectivity index (χ0v) is 10.8. The minimum Gasteiger partial charge on any atom is -0.486 e. The van der Waals surface area contributed by atoms with Gasteiger partial charge in [-0.25, -0.2) is 4.39 Å². The third-order valence-corrected chi connectivity index (χ3v) is 2.99. The molecule has 0 aliphatic rings. The van der Waals surface area contributed by atoms with Gasteiger partial charge in [0.25, 0.3) is 0 Å². The van der Waals surface area contributed by atoms with Gasteiger partial charge in [-0.05, 0) is 18.2 Å². The van der Waals surface area contributed by atoms with Gasteiger partial charge in [-0.3, -0.25) is 0 Å². The quantitative estimate of drug-likeness (QED) is 0.854. The number of hydrogen-bond acceptors (Lipinski definition) is 2. The standard InChI is InChI=1S/C13H10Cl2FNO/c14-9-4-2-5-10(15)13(9)18-7-8-3-1-6-11(17)12(8)16/h1-6H,7,17H2. The molecule has 5 heteroatoms. The second-order valence-corrected chi connectivity index (χ2v) is 4.47. The molecule has 0 spiro atoms. The molecule has 2 aromatic carbocycles. The fourth-order valence-electron chi connectivity index (χ4n) is 1.48. The van der Waals surface area contributed by atoms with Crippen molar-refractivity contribution in [3.05, 3.63) is 57.8 Å². The fourth-order valence-corrected chi connectivity index (χ4v) is 1.99. The van der Waals surface area contributed by atoms with Crippen molar-refractivity contribution in [2.75, 3.05) is 5.73 Å². The zero-order valence-electron chi connectivity index (χ0n) is 9.29. The molecule has 0 aromatic heterocycles. The maximum absolute atomic E-state index is 13.6. The minimum absolute atomic E-state index is 0.0142. The van der Waals surface area contributed by atoms with Crippen molar-refractivity contribution in [2.45, 2.75) is 6.61 Å². The molecule has 2 nitrogen and oxygen atoms in total. The molecule has 2 rings (SSSR count). The first-order valence-electron chi connectivity index (χ1n) is 5.19. The largest absolute Gasteiger partial charge is 0.486 e. The van der Waals surface area contributed by atoms with Gasteiger partial charge < -0.3 is 10.5 Å². The van der Waals surface area contributed by atoms with Crippen LogP contribution in [0.25, 0.3) is 0 Å². The average Bonchev–Trinajstić information content (AvgIpc) is 2.33. The maximum atomic E-state index is 13.6. The number of benzene rings is 2. The Kier molecular flexibility index (Phi) is 3.94. The zero-order chi connectivity index (χ0) is 13.1. The van der Waals surface area contributed by atoms with E-state index in [1.54, 1.807) is 30.3 Å². The third kappa shape index (κ3) is 2.68. The smallest absolute Gasteiger partial charge is 0.156 e. The van der Waals surface area contributed by atoms with Crippen LogP contribution in [0.5, 0.6) is 5.75 Å². The summed E-state index contributed by atoms with van der Waals surface area (Å²) in [6.07, 6.45) is 0. The van der Waals surface area contributed by atoms with Gasteiger partial charge in [-0.1, -0.05) is 41.4 Å². The SMILES string of the molecule is Nc1cccc(COc2c(Cl)cccc2Cl)c1F. The summed E-state index contributed by atoms with van der Waals surface area (Å²) in [4.78, 5) is 0.